The number of carbonyl (C=O) groups is 1. The number of hydrogen-bond donors (Lipinski definition) is 0. The number of oxazole rings is 1. The highest BCUT2D eigenvalue weighted by Crippen LogP contribution is 2.24. The summed E-state index contributed by atoms with van der Waals surface area (Å²) in [5, 5.41) is 9.39. The summed E-state index contributed by atoms with van der Waals surface area (Å²) >= 11 is 0. The number of ether oxygens (including phenoxy) is 1. The summed E-state index contributed by atoms with van der Waals surface area (Å²) in [6, 6.07) is 16.9. The van der Waals surface area contributed by atoms with Gasteiger partial charge < -0.3 is 9.15 Å². The second kappa shape index (κ2) is 10.4. The van der Waals surface area contributed by atoms with Gasteiger partial charge in [0.05, 0.1) is 6.61 Å². The largest absolute Gasteiger partial charge is 0.461 e. The van der Waals surface area contributed by atoms with E-state index in [2.05, 4.69) is 18.8 Å². The fourth-order valence-electron chi connectivity index (χ4n) is 3.19. The molecular formula is C25H26N2O3. The Bertz CT molecular complexity index is 1020. The Morgan fingerprint density at radius 2 is 1.97 bits per heavy atom. The topological polar surface area (TPSA) is 76.1 Å². The highest BCUT2D eigenvalue weighted by molar-refractivity contribution is 5.97. The van der Waals surface area contributed by atoms with Crippen LogP contribution in [0.3, 0.4) is 0 Å². The van der Waals surface area contributed by atoms with Crippen molar-refractivity contribution in [1.82, 2.24) is 4.98 Å². The number of hydrogen-bond acceptors (Lipinski definition) is 5. The quantitative estimate of drug-likeness (QED) is 0.243. The molecule has 0 spiro atoms. The molecule has 1 unspecified atom stereocenters. The first-order chi connectivity index (χ1) is 14.6. The van der Waals surface area contributed by atoms with Crippen molar-refractivity contribution in [3.63, 3.8) is 0 Å². The number of rotatable bonds is 9. The predicted molar refractivity (Wildman–Crippen MR) is 117 cm³/mol. The molecule has 0 radical (unpaired) electrons. The molecule has 1 aromatic heterocycles. The zero-order valence-electron chi connectivity index (χ0n) is 17.4. The third-order valence-electron chi connectivity index (χ3n) is 5.10. The highest BCUT2D eigenvalue weighted by Gasteiger charge is 2.14. The first kappa shape index (κ1) is 21.3. The lowest BCUT2D eigenvalue weighted by molar-refractivity contribution is -0.139. The molecule has 5 heteroatoms. The van der Waals surface area contributed by atoms with Gasteiger partial charge in [-0.05, 0) is 48.2 Å². The fraction of sp³-hybridized carbons (Fsp3) is 0.320. The second-order valence-electron chi connectivity index (χ2n) is 7.29. The number of benzene rings is 2. The summed E-state index contributed by atoms with van der Waals surface area (Å²) in [6.45, 7) is 4.59. The predicted octanol–water partition coefficient (Wildman–Crippen LogP) is 6.16. The van der Waals surface area contributed by atoms with Crippen molar-refractivity contribution in [3.8, 4) is 17.5 Å². The van der Waals surface area contributed by atoms with Crippen LogP contribution >= 0.6 is 0 Å². The van der Waals surface area contributed by atoms with Crippen molar-refractivity contribution in [2.45, 2.75) is 39.5 Å². The number of aromatic nitrogens is 1. The van der Waals surface area contributed by atoms with E-state index in [-0.39, 0.29) is 5.57 Å². The lowest BCUT2D eigenvalue weighted by atomic mass is 10.0. The second-order valence-corrected chi connectivity index (χ2v) is 7.29. The highest BCUT2D eigenvalue weighted by atomic mass is 16.5. The van der Waals surface area contributed by atoms with Crippen LogP contribution in [0, 0.1) is 17.2 Å². The minimum absolute atomic E-state index is 0.00467. The summed E-state index contributed by atoms with van der Waals surface area (Å²) in [5.41, 5.74) is 3.09. The van der Waals surface area contributed by atoms with Crippen LogP contribution in [0.15, 0.2) is 58.5 Å². The van der Waals surface area contributed by atoms with Gasteiger partial charge in [-0.2, -0.15) is 5.26 Å². The molecule has 1 heterocycles. The molecule has 0 fully saturated rings. The Balaban J connectivity index is 1.68. The van der Waals surface area contributed by atoms with Crippen molar-refractivity contribution in [3.05, 3.63) is 59.7 Å². The first-order valence-corrected chi connectivity index (χ1v) is 10.4. The summed E-state index contributed by atoms with van der Waals surface area (Å²) in [6.07, 6.45) is 5.77. The summed E-state index contributed by atoms with van der Waals surface area (Å²) in [7, 11) is 0. The van der Waals surface area contributed by atoms with E-state index in [1.54, 1.807) is 6.08 Å². The van der Waals surface area contributed by atoms with Gasteiger partial charge in [0.15, 0.2) is 5.58 Å². The molecule has 0 aliphatic heterocycles. The molecular weight excluding hydrogens is 376 g/mol. The zero-order chi connectivity index (χ0) is 21.3. The zero-order valence-corrected chi connectivity index (χ0v) is 17.4. The minimum atomic E-state index is -0.574. The molecule has 5 nitrogen and oxygen atoms in total. The molecule has 0 saturated carbocycles. The van der Waals surface area contributed by atoms with Crippen LogP contribution in [0.4, 0.5) is 0 Å². The normalized spacial score (nSPS) is 12.5. The average molecular weight is 402 g/mol. The van der Waals surface area contributed by atoms with Gasteiger partial charge in [0, 0.05) is 5.56 Å². The number of unbranched alkanes of at least 4 members (excludes halogenated alkanes) is 1. The van der Waals surface area contributed by atoms with Crippen molar-refractivity contribution in [2.75, 3.05) is 6.61 Å². The lowest BCUT2D eigenvalue weighted by Gasteiger charge is -2.14. The number of fused-ring (bicyclic) bond motifs is 1. The van der Waals surface area contributed by atoms with E-state index < -0.39 is 5.97 Å². The van der Waals surface area contributed by atoms with Gasteiger partial charge in [-0.3, -0.25) is 0 Å². The van der Waals surface area contributed by atoms with Gasteiger partial charge in [0.25, 0.3) is 0 Å². The van der Waals surface area contributed by atoms with Crippen LogP contribution in [0.1, 0.15) is 45.1 Å². The molecule has 154 valence electrons. The molecule has 1 atom stereocenters. The molecule has 0 aliphatic rings. The summed E-state index contributed by atoms with van der Waals surface area (Å²) < 4.78 is 11.2. The van der Waals surface area contributed by atoms with E-state index in [4.69, 9.17) is 9.15 Å². The summed E-state index contributed by atoms with van der Waals surface area (Å²) in [5.74, 6) is 0.296. The van der Waals surface area contributed by atoms with Gasteiger partial charge in [-0.25, -0.2) is 9.78 Å². The van der Waals surface area contributed by atoms with Crippen LogP contribution in [0.2, 0.25) is 0 Å². The number of para-hydroxylation sites is 2. The van der Waals surface area contributed by atoms with E-state index in [0.29, 0.717) is 18.4 Å². The smallest absolute Gasteiger partial charge is 0.348 e. The molecule has 0 aliphatic carbocycles. The van der Waals surface area contributed by atoms with Crippen molar-refractivity contribution < 1.29 is 13.9 Å². The Kier molecular flexibility index (Phi) is 7.40. The Labute approximate surface area is 177 Å². The standard InChI is InChI=1S/C25H26N2O3/c1-3-5-8-18(4-2)17-29-25(28)21(16-26)15-19-11-13-20(14-12-19)24-27-22-9-6-7-10-23(22)30-24/h6-7,9-15,18H,3-5,8,17H2,1-2H3. The number of esters is 1. The van der Waals surface area contributed by atoms with Crippen molar-refractivity contribution in [2.24, 2.45) is 5.92 Å². The maximum atomic E-state index is 12.3. The van der Waals surface area contributed by atoms with Gasteiger partial charge in [0.1, 0.15) is 17.2 Å². The van der Waals surface area contributed by atoms with Gasteiger partial charge in [-0.1, -0.05) is 57.4 Å². The van der Waals surface area contributed by atoms with Gasteiger partial charge in [-0.15, -0.1) is 0 Å². The Morgan fingerprint density at radius 3 is 2.63 bits per heavy atom. The summed E-state index contributed by atoms with van der Waals surface area (Å²) in [4.78, 5) is 16.8. The number of nitrogens with zero attached hydrogens (tertiary/aromatic N) is 2. The van der Waals surface area contributed by atoms with Crippen LogP contribution in [0.5, 0.6) is 0 Å². The van der Waals surface area contributed by atoms with Gasteiger partial charge in [0.2, 0.25) is 5.89 Å². The molecule has 3 aromatic rings. The first-order valence-electron chi connectivity index (χ1n) is 10.4. The van der Waals surface area contributed by atoms with Crippen LogP contribution < -0.4 is 0 Å². The van der Waals surface area contributed by atoms with Crippen LogP contribution in [-0.2, 0) is 9.53 Å². The third kappa shape index (κ3) is 5.36. The van der Waals surface area contributed by atoms with Crippen molar-refractivity contribution >= 4 is 23.1 Å². The van der Waals surface area contributed by atoms with Gasteiger partial charge >= 0.3 is 5.97 Å². The maximum absolute atomic E-state index is 12.3. The van der Waals surface area contributed by atoms with E-state index >= 15 is 0 Å². The van der Waals surface area contributed by atoms with Crippen LogP contribution in [-0.4, -0.2) is 17.6 Å². The fourth-order valence-corrected chi connectivity index (χ4v) is 3.19. The number of nitriles is 1. The van der Waals surface area contributed by atoms with E-state index in [1.165, 1.54) is 0 Å². The Hall–Kier alpha value is -3.39. The average Bonchev–Trinajstić information content (AvgIpc) is 3.22. The molecule has 0 saturated heterocycles. The molecule has 3 rings (SSSR count). The maximum Gasteiger partial charge on any atom is 0.348 e. The Morgan fingerprint density at radius 1 is 1.20 bits per heavy atom. The number of carbonyl (C=O) groups excluding carboxylic acids is 1. The van der Waals surface area contributed by atoms with E-state index in [0.717, 1.165) is 47.9 Å². The SMILES string of the molecule is CCCCC(CC)COC(=O)C(C#N)=Cc1ccc(-c2nc3ccccc3o2)cc1. The van der Waals surface area contributed by atoms with Crippen LogP contribution in [0.25, 0.3) is 28.6 Å². The minimum Gasteiger partial charge on any atom is -0.461 e. The molecule has 0 N–H and O–H groups in total. The molecule has 0 bridgehead atoms. The third-order valence-corrected chi connectivity index (χ3v) is 5.10. The monoisotopic (exact) mass is 402 g/mol. The molecule has 30 heavy (non-hydrogen) atoms. The molecule has 2 aromatic carbocycles. The molecule has 0 amide bonds. The van der Waals surface area contributed by atoms with Crippen molar-refractivity contribution in [1.29, 1.82) is 5.26 Å². The lowest BCUT2D eigenvalue weighted by Crippen LogP contribution is -2.14. The van der Waals surface area contributed by atoms with E-state index in [1.807, 2.05) is 54.6 Å². The van der Waals surface area contributed by atoms with E-state index in [9.17, 15) is 10.1 Å².